The molecule has 5 heteroatoms. The van der Waals surface area contributed by atoms with Crippen molar-refractivity contribution in [3.8, 4) is 0 Å². The molecule has 5 nitrogen and oxygen atoms in total. The Hall–Kier alpha value is -1.10. The number of nitrogens with one attached hydrogen (secondary N) is 2. The molecule has 0 aliphatic rings. The number of carbonyl (C=O) groups is 2. The minimum Gasteiger partial charge on any atom is -0.353 e. The molecule has 0 aromatic heterocycles. The first-order chi connectivity index (χ1) is 7.34. The molecular weight excluding hydrogens is 206 g/mol. The Labute approximate surface area is 97.6 Å². The first-order valence-corrected chi connectivity index (χ1v) is 5.58. The molecule has 0 spiro atoms. The van der Waals surface area contributed by atoms with Gasteiger partial charge in [-0.1, -0.05) is 0 Å². The molecule has 0 aromatic rings. The van der Waals surface area contributed by atoms with Crippen molar-refractivity contribution in [1.82, 2.24) is 15.5 Å². The van der Waals surface area contributed by atoms with Crippen molar-refractivity contribution in [3.05, 3.63) is 0 Å². The maximum Gasteiger partial charge on any atom is 0.237 e. The molecule has 0 saturated carbocycles. The summed E-state index contributed by atoms with van der Waals surface area (Å²) in [6, 6.07) is -0.127. The monoisotopic (exact) mass is 229 g/mol. The minimum atomic E-state index is -0.266. The van der Waals surface area contributed by atoms with Crippen LogP contribution in [0.1, 0.15) is 27.2 Å². The van der Waals surface area contributed by atoms with Crippen molar-refractivity contribution in [1.29, 1.82) is 0 Å². The van der Waals surface area contributed by atoms with Crippen molar-refractivity contribution in [3.63, 3.8) is 0 Å². The molecule has 0 bridgehead atoms. The van der Waals surface area contributed by atoms with Gasteiger partial charge in [0, 0.05) is 33.1 Å². The van der Waals surface area contributed by atoms with Gasteiger partial charge < -0.3 is 15.5 Å². The molecular formula is C11H23N3O2. The third kappa shape index (κ3) is 6.40. The van der Waals surface area contributed by atoms with Crippen LogP contribution in [0, 0.1) is 0 Å². The summed E-state index contributed by atoms with van der Waals surface area (Å²) in [4.78, 5) is 24.3. The summed E-state index contributed by atoms with van der Waals surface area (Å²) < 4.78 is 0. The van der Waals surface area contributed by atoms with Gasteiger partial charge >= 0.3 is 0 Å². The van der Waals surface area contributed by atoms with E-state index in [2.05, 4.69) is 10.6 Å². The number of hydrogen-bond acceptors (Lipinski definition) is 3. The van der Waals surface area contributed by atoms with Crippen LogP contribution in [0.4, 0.5) is 0 Å². The van der Waals surface area contributed by atoms with E-state index in [-0.39, 0.29) is 23.9 Å². The second-order valence-corrected chi connectivity index (χ2v) is 4.38. The Morgan fingerprint density at radius 1 is 1.19 bits per heavy atom. The van der Waals surface area contributed by atoms with Crippen LogP contribution in [0.2, 0.25) is 0 Å². The summed E-state index contributed by atoms with van der Waals surface area (Å²) in [5, 5.41) is 5.82. The van der Waals surface area contributed by atoms with E-state index >= 15 is 0 Å². The standard InChI is InChI=1S/C11H23N3O2/c1-8(2)13-11(16)9(3)12-7-6-10(15)14(4)5/h8-9,12H,6-7H2,1-5H3,(H,13,16). The van der Waals surface area contributed by atoms with Gasteiger partial charge in [-0.3, -0.25) is 9.59 Å². The normalized spacial score (nSPS) is 12.4. The topological polar surface area (TPSA) is 61.4 Å². The van der Waals surface area contributed by atoms with Gasteiger partial charge in [-0.15, -0.1) is 0 Å². The highest BCUT2D eigenvalue weighted by Gasteiger charge is 2.13. The van der Waals surface area contributed by atoms with Crippen molar-refractivity contribution in [2.45, 2.75) is 39.3 Å². The number of rotatable bonds is 6. The third-order valence-electron chi connectivity index (χ3n) is 2.11. The van der Waals surface area contributed by atoms with Crippen LogP contribution in [-0.4, -0.2) is 49.4 Å². The van der Waals surface area contributed by atoms with Gasteiger partial charge in [0.2, 0.25) is 11.8 Å². The summed E-state index contributed by atoms with van der Waals surface area (Å²) in [6.45, 7) is 6.14. The number of hydrogen-bond donors (Lipinski definition) is 2. The molecule has 0 aliphatic heterocycles. The van der Waals surface area contributed by atoms with E-state index in [1.165, 1.54) is 0 Å². The van der Waals surface area contributed by atoms with Gasteiger partial charge in [-0.2, -0.15) is 0 Å². The Morgan fingerprint density at radius 2 is 1.75 bits per heavy atom. The maximum absolute atomic E-state index is 11.5. The summed E-state index contributed by atoms with van der Waals surface area (Å²) in [5.74, 6) is 0.0243. The molecule has 1 atom stereocenters. The zero-order chi connectivity index (χ0) is 12.7. The number of amides is 2. The zero-order valence-electron chi connectivity index (χ0n) is 10.8. The SMILES string of the molecule is CC(C)NC(=O)C(C)NCCC(=O)N(C)C. The summed E-state index contributed by atoms with van der Waals surface area (Å²) >= 11 is 0. The van der Waals surface area contributed by atoms with E-state index in [4.69, 9.17) is 0 Å². The molecule has 0 heterocycles. The first kappa shape index (κ1) is 14.9. The van der Waals surface area contributed by atoms with Gasteiger partial charge in [0.05, 0.1) is 6.04 Å². The fourth-order valence-electron chi connectivity index (χ4n) is 1.12. The van der Waals surface area contributed by atoms with Crippen LogP contribution in [0.25, 0.3) is 0 Å². The molecule has 0 fully saturated rings. The summed E-state index contributed by atoms with van der Waals surface area (Å²) in [5.41, 5.74) is 0. The number of carbonyl (C=O) groups excluding carboxylic acids is 2. The van der Waals surface area contributed by atoms with Crippen LogP contribution < -0.4 is 10.6 Å². The lowest BCUT2D eigenvalue weighted by atomic mass is 10.2. The first-order valence-electron chi connectivity index (χ1n) is 5.58. The predicted molar refractivity (Wildman–Crippen MR) is 64.1 cm³/mol. The van der Waals surface area contributed by atoms with Gasteiger partial charge in [0.1, 0.15) is 0 Å². The highest BCUT2D eigenvalue weighted by atomic mass is 16.2. The quantitative estimate of drug-likeness (QED) is 0.672. The van der Waals surface area contributed by atoms with Crippen molar-refractivity contribution < 1.29 is 9.59 Å². The Bertz CT molecular complexity index is 239. The second-order valence-electron chi connectivity index (χ2n) is 4.38. The average molecular weight is 229 g/mol. The Morgan fingerprint density at radius 3 is 2.19 bits per heavy atom. The second kappa shape index (κ2) is 7.22. The van der Waals surface area contributed by atoms with E-state index in [0.717, 1.165) is 0 Å². The van der Waals surface area contributed by atoms with Gasteiger partial charge in [-0.05, 0) is 20.8 Å². The Balaban J connectivity index is 3.77. The molecule has 94 valence electrons. The number of nitrogens with zero attached hydrogens (tertiary/aromatic N) is 1. The van der Waals surface area contributed by atoms with Gasteiger partial charge in [0.15, 0.2) is 0 Å². The molecule has 2 N–H and O–H groups in total. The maximum atomic E-state index is 11.5. The van der Waals surface area contributed by atoms with Crippen LogP contribution in [0.5, 0.6) is 0 Å². The third-order valence-corrected chi connectivity index (χ3v) is 2.11. The molecule has 16 heavy (non-hydrogen) atoms. The summed E-state index contributed by atoms with van der Waals surface area (Å²) in [6.07, 6.45) is 0.409. The van der Waals surface area contributed by atoms with E-state index in [0.29, 0.717) is 13.0 Å². The van der Waals surface area contributed by atoms with Crippen LogP contribution in [0.15, 0.2) is 0 Å². The van der Waals surface area contributed by atoms with Crippen LogP contribution in [0.3, 0.4) is 0 Å². The largest absolute Gasteiger partial charge is 0.353 e. The van der Waals surface area contributed by atoms with E-state index in [1.807, 2.05) is 13.8 Å². The highest BCUT2D eigenvalue weighted by Crippen LogP contribution is 1.89. The molecule has 0 radical (unpaired) electrons. The Kier molecular flexibility index (Phi) is 6.72. The van der Waals surface area contributed by atoms with Crippen LogP contribution in [-0.2, 0) is 9.59 Å². The fraction of sp³-hybridized carbons (Fsp3) is 0.818. The predicted octanol–water partition coefficient (Wildman–Crippen LogP) is -0.0326. The van der Waals surface area contributed by atoms with Crippen molar-refractivity contribution in [2.75, 3.05) is 20.6 Å². The molecule has 0 aromatic carbocycles. The fourth-order valence-corrected chi connectivity index (χ4v) is 1.12. The van der Waals surface area contributed by atoms with Crippen molar-refractivity contribution in [2.24, 2.45) is 0 Å². The van der Waals surface area contributed by atoms with Gasteiger partial charge in [0.25, 0.3) is 0 Å². The smallest absolute Gasteiger partial charge is 0.237 e. The minimum absolute atomic E-state index is 0.0349. The average Bonchev–Trinajstić information content (AvgIpc) is 2.15. The lowest BCUT2D eigenvalue weighted by Crippen LogP contribution is -2.45. The van der Waals surface area contributed by atoms with Gasteiger partial charge in [-0.25, -0.2) is 0 Å². The summed E-state index contributed by atoms with van der Waals surface area (Å²) in [7, 11) is 3.44. The van der Waals surface area contributed by atoms with Crippen LogP contribution >= 0.6 is 0 Å². The molecule has 1 unspecified atom stereocenters. The molecule has 0 saturated heterocycles. The van der Waals surface area contributed by atoms with Crippen molar-refractivity contribution >= 4 is 11.8 Å². The lowest BCUT2D eigenvalue weighted by Gasteiger charge is -2.16. The molecule has 0 rings (SSSR count). The molecule has 0 aliphatic carbocycles. The lowest BCUT2D eigenvalue weighted by molar-refractivity contribution is -0.129. The highest BCUT2D eigenvalue weighted by molar-refractivity contribution is 5.81. The zero-order valence-corrected chi connectivity index (χ0v) is 10.8. The van der Waals surface area contributed by atoms with E-state index in [9.17, 15) is 9.59 Å². The molecule has 2 amide bonds. The van der Waals surface area contributed by atoms with E-state index in [1.54, 1.807) is 25.9 Å². The van der Waals surface area contributed by atoms with E-state index < -0.39 is 0 Å².